The highest BCUT2D eigenvalue weighted by atomic mass is 19.4. The van der Waals surface area contributed by atoms with E-state index >= 15 is 0 Å². The molecule has 0 saturated heterocycles. The normalized spacial score (nSPS) is 12.6. The molecule has 0 aliphatic carbocycles. The maximum absolute atomic E-state index is 12.3. The highest BCUT2D eigenvalue weighted by Crippen LogP contribution is 2.30. The van der Waals surface area contributed by atoms with E-state index < -0.39 is 12.5 Å². The number of aromatic nitrogens is 3. The first-order valence-corrected chi connectivity index (χ1v) is 10.2. The lowest BCUT2D eigenvalue weighted by Gasteiger charge is -2.14. The van der Waals surface area contributed by atoms with Crippen molar-refractivity contribution in [2.75, 3.05) is 13.7 Å². The van der Waals surface area contributed by atoms with Crippen LogP contribution in [-0.4, -0.2) is 45.8 Å². The summed E-state index contributed by atoms with van der Waals surface area (Å²) in [5, 5.41) is 18.0. The number of amides is 1. The van der Waals surface area contributed by atoms with Crippen molar-refractivity contribution in [3.05, 3.63) is 46.6 Å². The number of halogens is 3. The second kappa shape index (κ2) is 9.65. The Morgan fingerprint density at radius 2 is 1.91 bits per heavy atom. The molecule has 0 fully saturated rings. The number of aliphatic hydroxyl groups is 1. The van der Waals surface area contributed by atoms with Gasteiger partial charge < -0.3 is 19.9 Å². The summed E-state index contributed by atoms with van der Waals surface area (Å²) < 4.78 is 47.5. The van der Waals surface area contributed by atoms with Crippen molar-refractivity contribution in [1.82, 2.24) is 20.1 Å². The molecule has 178 valence electrons. The Hall–Kier alpha value is -3.34. The van der Waals surface area contributed by atoms with E-state index in [-0.39, 0.29) is 24.6 Å². The first-order valence-electron chi connectivity index (χ1n) is 10.2. The second-order valence-corrected chi connectivity index (χ2v) is 7.57. The van der Waals surface area contributed by atoms with E-state index in [1.165, 1.54) is 19.2 Å². The smallest absolute Gasteiger partial charge is 0.479 e. The minimum Gasteiger partial charge on any atom is -0.479 e. The van der Waals surface area contributed by atoms with E-state index in [0.717, 1.165) is 34.3 Å². The van der Waals surface area contributed by atoms with Crippen molar-refractivity contribution in [2.24, 2.45) is 7.05 Å². The quantitative estimate of drug-likeness (QED) is 0.529. The molecule has 0 radical (unpaired) electrons. The summed E-state index contributed by atoms with van der Waals surface area (Å²) in [4.78, 5) is 16.9. The molecular formula is C22H25F3N4O4. The SMILES string of the molecule is COc1nn(C)c2nc(C)c(CCC(=O)NCC(O)c3ccc(OC(F)(F)F)cc3)c(C)c12. The zero-order chi connectivity index (χ0) is 24.3. The van der Waals surface area contributed by atoms with Gasteiger partial charge in [-0.25, -0.2) is 9.67 Å². The number of pyridine rings is 1. The molecule has 11 heteroatoms. The summed E-state index contributed by atoms with van der Waals surface area (Å²) in [7, 11) is 3.32. The van der Waals surface area contributed by atoms with Crippen molar-refractivity contribution in [3.8, 4) is 11.6 Å². The van der Waals surface area contributed by atoms with Gasteiger partial charge in [0.1, 0.15) is 5.75 Å². The fourth-order valence-electron chi connectivity index (χ4n) is 3.65. The maximum Gasteiger partial charge on any atom is 0.573 e. The molecule has 0 saturated carbocycles. The first-order chi connectivity index (χ1) is 15.5. The van der Waals surface area contributed by atoms with E-state index in [4.69, 9.17) is 4.74 Å². The third-order valence-electron chi connectivity index (χ3n) is 5.31. The van der Waals surface area contributed by atoms with Crippen LogP contribution in [0, 0.1) is 13.8 Å². The predicted octanol–water partition coefficient (Wildman–Crippen LogP) is 3.27. The van der Waals surface area contributed by atoms with Crippen LogP contribution < -0.4 is 14.8 Å². The van der Waals surface area contributed by atoms with Crippen molar-refractivity contribution < 1.29 is 32.5 Å². The number of hydrogen-bond donors (Lipinski definition) is 2. The number of benzene rings is 1. The molecule has 1 unspecified atom stereocenters. The van der Waals surface area contributed by atoms with Crippen molar-refractivity contribution >= 4 is 16.9 Å². The molecule has 0 aliphatic rings. The summed E-state index contributed by atoms with van der Waals surface area (Å²) in [5.41, 5.74) is 3.71. The van der Waals surface area contributed by atoms with Crippen LogP contribution in [0.1, 0.15) is 34.9 Å². The maximum atomic E-state index is 12.3. The Kier molecular flexibility index (Phi) is 7.11. The number of alkyl halides is 3. The average molecular weight is 466 g/mol. The van der Waals surface area contributed by atoms with Gasteiger partial charge in [0.2, 0.25) is 11.8 Å². The van der Waals surface area contributed by atoms with E-state index in [1.54, 1.807) is 11.7 Å². The number of hydrogen-bond acceptors (Lipinski definition) is 6. The number of fused-ring (bicyclic) bond motifs is 1. The van der Waals surface area contributed by atoms with E-state index in [2.05, 4.69) is 20.1 Å². The standard InChI is InChI=1S/C22H25F3N4O4/c1-12-16(13(2)27-20-19(12)21(32-4)28-29(20)3)9-10-18(31)26-11-17(30)14-5-7-15(8-6-14)33-22(23,24)25/h5-8,17,30H,9-11H2,1-4H3,(H,26,31). The molecule has 2 aromatic heterocycles. The molecule has 2 N–H and O–H groups in total. The van der Waals surface area contributed by atoms with Gasteiger partial charge in [0.15, 0.2) is 5.65 Å². The molecule has 8 nitrogen and oxygen atoms in total. The number of carbonyl (C=O) groups is 1. The molecule has 1 atom stereocenters. The lowest BCUT2D eigenvalue weighted by Crippen LogP contribution is -2.28. The van der Waals surface area contributed by atoms with Gasteiger partial charge in [-0.3, -0.25) is 4.79 Å². The van der Waals surface area contributed by atoms with Gasteiger partial charge in [-0.15, -0.1) is 18.3 Å². The topological polar surface area (TPSA) is 98.5 Å². The van der Waals surface area contributed by atoms with Gasteiger partial charge in [-0.1, -0.05) is 12.1 Å². The summed E-state index contributed by atoms with van der Waals surface area (Å²) in [6.45, 7) is 3.73. The minimum atomic E-state index is -4.78. The zero-order valence-corrected chi connectivity index (χ0v) is 18.7. The first kappa shape index (κ1) is 24.3. The van der Waals surface area contributed by atoms with Crippen LogP contribution in [0.25, 0.3) is 11.0 Å². The van der Waals surface area contributed by atoms with Crippen molar-refractivity contribution in [2.45, 2.75) is 39.2 Å². The Morgan fingerprint density at radius 1 is 1.24 bits per heavy atom. The van der Waals surface area contributed by atoms with Crippen LogP contribution in [0.4, 0.5) is 13.2 Å². The lowest BCUT2D eigenvalue weighted by atomic mass is 10.00. The fraction of sp³-hybridized carbons (Fsp3) is 0.409. The Morgan fingerprint density at radius 3 is 2.52 bits per heavy atom. The Bertz CT molecular complexity index is 1140. The number of aryl methyl sites for hydroxylation is 3. The summed E-state index contributed by atoms with van der Waals surface area (Å²) in [5.74, 6) is -0.190. The Labute approximate surface area is 188 Å². The number of nitrogens with one attached hydrogen (secondary N) is 1. The molecule has 1 aromatic carbocycles. The lowest BCUT2D eigenvalue weighted by molar-refractivity contribution is -0.274. The molecule has 0 spiro atoms. The number of nitrogens with zero attached hydrogens (tertiary/aromatic N) is 3. The van der Waals surface area contributed by atoms with Gasteiger partial charge >= 0.3 is 6.36 Å². The Balaban J connectivity index is 1.59. The molecule has 3 aromatic rings. The zero-order valence-electron chi connectivity index (χ0n) is 18.7. The molecule has 2 heterocycles. The number of methoxy groups -OCH3 is 1. The van der Waals surface area contributed by atoms with Crippen LogP contribution in [0.15, 0.2) is 24.3 Å². The van der Waals surface area contributed by atoms with Crippen LogP contribution in [0.5, 0.6) is 11.6 Å². The number of rotatable bonds is 8. The second-order valence-electron chi connectivity index (χ2n) is 7.57. The van der Waals surface area contributed by atoms with Crippen molar-refractivity contribution in [3.63, 3.8) is 0 Å². The van der Waals surface area contributed by atoms with E-state index in [0.29, 0.717) is 23.5 Å². The summed E-state index contributed by atoms with van der Waals surface area (Å²) in [6.07, 6.45) is -5.25. The van der Waals surface area contributed by atoms with E-state index in [1.807, 2.05) is 13.8 Å². The number of aliphatic hydroxyl groups excluding tert-OH is 1. The molecule has 0 aliphatic heterocycles. The fourth-order valence-corrected chi connectivity index (χ4v) is 3.65. The molecule has 3 rings (SSSR count). The van der Waals surface area contributed by atoms with Gasteiger partial charge in [0, 0.05) is 25.7 Å². The highest BCUT2D eigenvalue weighted by Gasteiger charge is 2.31. The van der Waals surface area contributed by atoms with Gasteiger partial charge in [0.25, 0.3) is 0 Å². The highest BCUT2D eigenvalue weighted by molar-refractivity contribution is 5.86. The molecule has 33 heavy (non-hydrogen) atoms. The van der Waals surface area contributed by atoms with Crippen LogP contribution in [0.2, 0.25) is 0 Å². The molecule has 0 bridgehead atoms. The number of ether oxygens (including phenoxy) is 2. The monoisotopic (exact) mass is 466 g/mol. The van der Waals surface area contributed by atoms with E-state index in [9.17, 15) is 23.1 Å². The molecule has 1 amide bonds. The van der Waals surface area contributed by atoms with Gasteiger partial charge in [-0.2, -0.15) is 0 Å². The van der Waals surface area contributed by atoms with Crippen LogP contribution in [-0.2, 0) is 18.3 Å². The summed E-state index contributed by atoms with van der Waals surface area (Å²) >= 11 is 0. The van der Waals surface area contributed by atoms with Gasteiger partial charge in [0.05, 0.1) is 18.6 Å². The summed E-state index contributed by atoms with van der Waals surface area (Å²) in [6, 6.07) is 4.84. The van der Waals surface area contributed by atoms with Crippen LogP contribution >= 0.6 is 0 Å². The van der Waals surface area contributed by atoms with Crippen molar-refractivity contribution in [1.29, 1.82) is 0 Å². The average Bonchev–Trinajstić information content (AvgIpc) is 3.06. The minimum absolute atomic E-state index is 0.0794. The van der Waals surface area contributed by atoms with Gasteiger partial charge in [-0.05, 0) is 49.1 Å². The predicted molar refractivity (Wildman–Crippen MR) is 114 cm³/mol. The largest absolute Gasteiger partial charge is 0.573 e. The van der Waals surface area contributed by atoms with Crippen LogP contribution in [0.3, 0.4) is 0 Å². The molecular weight excluding hydrogens is 441 g/mol. The third kappa shape index (κ3) is 5.72. The third-order valence-corrected chi connectivity index (χ3v) is 5.31. The number of carbonyl (C=O) groups excluding carboxylic acids is 1.